The maximum atomic E-state index is 12.7. The lowest BCUT2D eigenvalue weighted by atomic mass is 10.1. The summed E-state index contributed by atoms with van der Waals surface area (Å²) in [4.78, 5) is 25.9. The van der Waals surface area contributed by atoms with Crippen LogP contribution in [0.1, 0.15) is 19.4 Å². The van der Waals surface area contributed by atoms with Crippen LogP contribution >= 0.6 is 0 Å². The molecule has 0 fully saturated rings. The van der Waals surface area contributed by atoms with Gasteiger partial charge in [0.05, 0.1) is 6.61 Å². The lowest BCUT2D eigenvalue weighted by Crippen LogP contribution is -2.39. The van der Waals surface area contributed by atoms with Gasteiger partial charge < -0.3 is 15.0 Å². The van der Waals surface area contributed by atoms with Gasteiger partial charge >= 0.3 is 6.09 Å². The van der Waals surface area contributed by atoms with Crippen molar-refractivity contribution in [3.63, 3.8) is 0 Å². The van der Waals surface area contributed by atoms with E-state index in [1.165, 1.54) is 0 Å². The Morgan fingerprint density at radius 2 is 1.73 bits per heavy atom. The van der Waals surface area contributed by atoms with Crippen LogP contribution in [0, 0.1) is 6.92 Å². The van der Waals surface area contributed by atoms with Crippen LogP contribution in [-0.2, 0) is 9.53 Å². The van der Waals surface area contributed by atoms with Gasteiger partial charge in [0.2, 0.25) is 5.91 Å². The first-order valence-corrected chi connectivity index (χ1v) is 8.56. The van der Waals surface area contributed by atoms with Crippen LogP contribution in [0.4, 0.5) is 21.9 Å². The second-order valence-corrected chi connectivity index (χ2v) is 5.92. The molecule has 138 valence electrons. The number of anilines is 3. The first-order chi connectivity index (χ1) is 12.4. The van der Waals surface area contributed by atoms with E-state index in [4.69, 9.17) is 4.74 Å². The maximum Gasteiger partial charge on any atom is 0.411 e. The number of benzene rings is 2. The number of carbonyl (C=O) groups is 2. The maximum absolute atomic E-state index is 12.7. The molecule has 0 radical (unpaired) electrons. The van der Waals surface area contributed by atoms with E-state index in [1.54, 1.807) is 24.9 Å². The van der Waals surface area contributed by atoms with Gasteiger partial charge in [0.1, 0.15) is 6.04 Å². The summed E-state index contributed by atoms with van der Waals surface area (Å²) in [6.45, 7) is 5.75. The molecule has 0 aliphatic rings. The number of likely N-dealkylation sites (N-methyl/N-ethyl adjacent to an activating group) is 1. The summed E-state index contributed by atoms with van der Waals surface area (Å²) in [6.07, 6.45) is -0.499. The number of nitrogens with zero attached hydrogens (tertiary/aromatic N) is 1. The highest BCUT2D eigenvalue weighted by molar-refractivity contribution is 5.98. The van der Waals surface area contributed by atoms with Crippen LogP contribution in [0.2, 0.25) is 0 Å². The molecule has 0 bridgehead atoms. The van der Waals surface area contributed by atoms with Gasteiger partial charge in [-0.2, -0.15) is 0 Å². The zero-order valence-electron chi connectivity index (χ0n) is 15.6. The Morgan fingerprint density at radius 3 is 2.38 bits per heavy atom. The number of rotatable bonds is 6. The van der Waals surface area contributed by atoms with Crippen molar-refractivity contribution in [3.8, 4) is 0 Å². The summed E-state index contributed by atoms with van der Waals surface area (Å²) < 4.78 is 4.91. The Morgan fingerprint density at radius 1 is 1.08 bits per heavy atom. The zero-order valence-corrected chi connectivity index (χ0v) is 15.6. The highest BCUT2D eigenvalue weighted by atomic mass is 16.5. The van der Waals surface area contributed by atoms with Crippen molar-refractivity contribution in [2.24, 2.45) is 0 Å². The molecule has 1 atom stereocenters. The van der Waals surface area contributed by atoms with Crippen molar-refractivity contribution in [3.05, 3.63) is 54.1 Å². The molecule has 2 amide bonds. The van der Waals surface area contributed by atoms with Crippen LogP contribution in [0.5, 0.6) is 0 Å². The third kappa shape index (κ3) is 4.75. The number of ether oxygens (including phenoxy) is 1. The molecule has 0 spiro atoms. The van der Waals surface area contributed by atoms with Crippen molar-refractivity contribution in [1.82, 2.24) is 0 Å². The summed E-state index contributed by atoms with van der Waals surface area (Å²) >= 11 is 0. The summed E-state index contributed by atoms with van der Waals surface area (Å²) in [5.41, 5.74) is 3.09. The van der Waals surface area contributed by atoms with E-state index in [1.807, 2.05) is 56.3 Å². The number of para-hydroxylation sites is 1. The first kappa shape index (κ1) is 19.3. The monoisotopic (exact) mass is 355 g/mol. The van der Waals surface area contributed by atoms with Crippen molar-refractivity contribution < 1.29 is 14.3 Å². The molecule has 2 rings (SSSR count). The van der Waals surface area contributed by atoms with Crippen molar-refractivity contribution in [2.75, 3.05) is 29.2 Å². The van der Waals surface area contributed by atoms with Crippen LogP contribution in [0.15, 0.2) is 48.5 Å². The molecule has 0 aliphatic carbocycles. The Labute approximate surface area is 154 Å². The average Bonchev–Trinajstić information content (AvgIpc) is 2.64. The molecule has 0 saturated carbocycles. The fourth-order valence-electron chi connectivity index (χ4n) is 2.57. The normalized spacial score (nSPS) is 11.4. The lowest BCUT2D eigenvalue weighted by Gasteiger charge is -2.24. The number of amides is 2. The Balaban J connectivity index is 2.10. The van der Waals surface area contributed by atoms with Gasteiger partial charge in [0.25, 0.3) is 0 Å². The topological polar surface area (TPSA) is 70.7 Å². The van der Waals surface area contributed by atoms with Gasteiger partial charge in [0.15, 0.2) is 0 Å². The zero-order chi connectivity index (χ0) is 19.1. The standard InChI is InChI=1S/C20H25N3O3/c1-5-26-20(25)22-18-13-9-12-17(14(18)2)21-15(3)19(24)23(4)16-10-7-6-8-11-16/h6-13,15,21H,5H2,1-4H3,(H,22,25). The van der Waals surface area contributed by atoms with E-state index >= 15 is 0 Å². The van der Waals surface area contributed by atoms with Gasteiger partial charge in [-0.3, -0.25) is 10.1 Å². The highest BCUT2D eigenvalue weighted by Crippen LogP contribution is 2.24. The fraction of sp³-hybridized carbons (Fsp3) is 0.300. The minimum Gasteiger partial charge on any atom is -0.450 e. The van der Waals surface area contributed by atoms with Gasteiger partial charge in [-0.15, -0.1) is 0 Å². The van der Waals surface area contributed by atoms with Crippen molar-refractivity contribution in [2.45, 2.75) is 26.8 Å². The van der Waals surface area contributed by atoms with E-state index in [-0.39, 0.29) is 5.91 Å². The highest BCUT2D eigenvalue weighted by Gasteiger charge is 2.19. The first-order valence-electron chi connectivity index (χ1n) is 8.56. The van der Waals surface area contributed by atoms with Crippen molar-refractivity contribution >= 4 is 29.1 Å². The van der Waals surface area contributed by atoms with Crippen LogP contribution < -0.4 is 15.5 Å². The minimum atomic E-state index is -0.499. The van der Waals surface area contributed by atoms with E-state index in [9.17, 15) is 9.59 Å². The predicted octanol–water partition coefficient (Wildman–Crippen LogP) is 4.03. The SMILES string of the molecule is CCOC(=O)Nc1cccc(NC(C)C(=O)N(C)c2ccccc2)c1C. The molecule has 0 heterocycles. The largest absolute Gasteiger partial charge is 0.450 e. The summed E-state index contributed by atoms with van der Waals surface area (Å²) in [5.74, 6) is -0.0562. The van der Waals surface area contributed by atoms with E-state index < -0.39 is 12.1 Å². The fourth-order valence-corrected chi connectivity index (χ4v) is 2.57. The number of carbonyl (C=O) groups excluding carboxylic acids is 2. The molecular formula is C20H25N3O3. The third-order valence-corrected chi connectivity index (χ3v) is 4.06. The molecule has 6 heteroatoms. The Kier molecular flexibility index (Phi) is 6.60. The average molecular weight is 355 g/mol. The molecule has 1 unspecified atom stereocenters. The van der Waals surface area contributed by atoms with Gasteiger partial charge in [0, 0.05) is 24.1 Å². The van der Waals surface area contributed by atoms with E-state index in [0.717, 1.165) is 16.9 Å². The summed E-state index contributed by atoms with van der Waals surface area (Å²) in [6, 6.07) is 14.5. The molecule has 6 nitrogen and oxygen atoms in total. The predicted molar refractivity (Wildman–Crippen MR) is 105 cm³/mol. The van der Waals surface area contributed by atoms with E-state index in [2.05, 4.69) is 10.6 Å². The number of hydrogen-bond donors (Lipinski definition) is 2. The molecular weight excluding hydrogens is 330 g/mol. The molecule has 2 aromatic rings. The van der Waals surface area contributed by atoms with Crippen LogP contribution in [0.25, 0.3) is 0 Å². The number of nitrogens with one attached hydrogen (secondary N) is 2. The molecule has 26 heavy (non-hydrogen) atoms. The van der Waals surface area contributed by atoms with Gasteiger partial charge in [-0.05, 0) is 50.6 Å². The number of hydrogen-bond acceptors (Lipinski definition) is 4. The Bertz CT molecular complexity index is 762. The Hall–Kier alpha value is -3.02. The molecule has 2 N–H and O–H groups in total. The molecule has 0 aliphatic heterocycles. The minimum absolute atomic E-state index is 0.0562. The van der Waals surface area contributed by atoms with Crippen LogP contribution in [0.3, 0.4) is 0 Å². The molecule has 0 saturated heterocycles. The van der Waals surface area contributed by atoms with Crippen LogP contribution in [-0.4, -0.2) is 31.7 Å². The molecule has 2 aromatic carbocycles. The lowest BCUT2D eigenvalue weighted by molar-refractivity contribution is -0.118. The second-order valence-electron chi connectivity index (χ2n) is 5.92. The summed E-state index contributed by atoms with van der Waals surface area (Å²) in [7, 11) is 1.75. The van der Waals surface area contributed by atoms with Gasteiger partial charge in [-0.1, -0.05) is 24.3 Å². The second kappa shape index (κ2) is 8.89. The van der Waals surface area contributed by atoms with Gasteiger partial charge in [-0.25, -0.2) is 4.79 Å². The smallest absolute Gasteiger partial charge is 0.411 e. The van der Waals surface area contributed by atoms with Crippen molar-refractivity contribution in [1.29, 1.82) is 0 Å². The third-order valence-electron chi connectivity index (χ3n) is 4.06. The quantitative estimate of drug-likeness (QED) is 0.821. The van der Waals surface area contributed by atoms with E-state index in [0.29, 0.717) is 12.3 Å². The summed E-state index contributed by atoms with van der Waals surface area (Å²) in [5, 5.41) is 5.93. The molecule has 0 aromatic heterocycles.